The molecule has 194 valence electrons. The molecule has 0 aliphatic rings. The molecule has 6 rings (SSSR count). The van der Waals surface area contributed by atoms with E-state index < -0.39 is 5.41 Å². The van der Waals surface area contributed by atoms with Crippen LogP contribution in [0, 0.1) is 5.41 Å². The highest BCUT2D eigenvalue weighted by molar-refractivity contribution is 7.17. The predicted molar refractivity (Wildman–Crippen MR) is 151 cm³/mol. The number of amides is 1. The number of aromatic amines is 2. The third-order valence-electron chi connectivity index (χ3n) is 6.26. The largest absolute Gasteiger partial charge is 0.335 e. The smallest absolute Gasteiger partial charge is 0.229 e. The molecule has 1 amide bonds. The maximum Gasteiger partial charge on any atom is 0.229 e. The van der Waals surface area contributed by atoms with Gasteiger partial charge in [0.25, 0.3) is 0 Å². The van der Waals surface area contributed by atoms with Crippen molar-refractivity contribution in [1.82, 2.24) is 35.1 Å². The van der Waals surface area contributed by atoms with Gasteiger partial charge in [0.2, 0.25) is 5.91 Å². The number of H-pyrrole nitrogens is 2. The van der Waals surface area contributed by atoms with Gasteiger partial charge in [-0.3, -0.25) is 24.7 Å². The molecule has 0 saturated carbocycles. The van der Waals surface area contributed by atoms with Gasteiger partial charge in [-0.25, -0.2) is 9.97 Å². The van der Waals surface area contributed by atoms with Crippen molar-refractivity contribution >= 4 is 50.8 Å². The quantitative estimate of drug-likeness (QED) is 0.234. The van der Waals surface area contributed by atoms with E-state index in [1.54, 1.807) is 37.9 Å². The fraction of sp³-hybridized carbons (Fsp3) is 0.179. The summed E-state index contributed by atoms with van der Waals surface area (Å²) in [6.45, 7) is 7.14. The van der Waals surface area contributed by atoms with E-state index in [0.29, 0.717) is 27.7 Å². The Morgan fingerprint density at radius 2 is 1.77 bits per heavy atom. The standard InChI is InChI=1S/C28H24N8O2S/c1-14(37)21-5-6-22(39-21)19-12-30-13-20-23(19)34-26(33-20)24-18-8-16(10-31-25(18)36-35-24)15-7-17(11-29-9-15)32-27(38)28(2,3)4/h5-13H,1-4H3,(H,32,38)(H,33,34)(H,31,35,36). The number of carbonyl (C=O) groups excluding carboxylic acids is 2. The summed E-state index contributed by atoms with van der Waals surface area (Å²) in [5, 5.41) is 11.2. The van der Waals surface area contributed by atoms with Crippen LogP contribution < -0.4 is 5.32 Å². The average molecular weight is 537 g/mol. The maximum absolute atomic E-state index is 12.5. The summed E-state index contributed by atoms with van der Waals surface area (Å²) in [5.74, 6) is 0.501. The average Bonchev–Trinajstić information content (AvgIpc) is 3.65. The molecule has 0 spiro atoms. The molecule has 0 unspecified atom stereocenters. The number of carbonyl (C=O) groups is 2. The lowest BCUT2D eigenvalue weighted by atomic mass is 9.95. The van der Waals surface area contributed by atoms with Crippen molar-refractivity contribution in [1.29, 1.82) is 0 Å². The number of rotatable bonds is 5. The third kappa shape index (κ3) is 4.57. The molecule has 6 aromatic heterocycles. The monoisotopic (exact) mass is 536 g/mol. The maximum atomic E-state index is 12.5. The number of Topliss-reactive ketones (excluding diaryl/α,β-unsaturated/α-hetero) is 1. The Labute approximate surface area is 227 Å². The molecular weight excluding hydrogens is 512 g/mol. The minimum atomic E-state index is -0.524. The summed E-state index contributed by atoms with van der Waals surface area (Å²) in [6.07, 6.45) is 8.56. The van der Waals surface area contributed by atoms with Crippen LogP contribution in [0.2, 0.25) is 0 Å². The number of anilines is 1. The summed E-state index contributed by atoms with van der Waals surface area (Å²) < 4.78 is 0. The molecule has 39 heavy (non-hydrogen) atoms. The molecule has 0 aliphatic carbocycles. The van der Waals surface area contributed by atoms with E-state index in [1.165, 1.54) is 11.3 Å². The molecular formula is C28H24N8O2S. The third-order valence-corrected chi connectivity index (χ3v) is 7.48. The van der Waals surface area contributed by atoms with Gasteiger partial charge < -0.3 is 10.3 Å². The van der Waals surface area contributed by atoms with Crippen LogP contribution in [0.15, 0.2) is 55.2 Å². The summed E-state index contributed by atoms with van der Waals surface area (Å²) in [7, 11) is 0. The summed E-state index contributed by atoms with van der Waals surface area (Å²) in [5.41, 5.74) is 5.27. The molecule has 0 fully saturated rings. The van der Waals surface area contributed by atoms with Crippen LogP contribution in [0.5, 0.6) is 0 Å². The number of aromatic nitrogens is 7. The second-order valence-electron chi connectivity index (χ2n) is 10.2. The Bertz CT molecular complexity index is 1890. The summed E-state index contributed by atoms with van der Waals surface area (Å²) in [4.78, 5) is 47.3. The van der Waals surface area contributed by atoms with Gasteiger partial charge in [0, 0.05) is 45.6 Å². The summed E-state index contributed by atoms with van der Waals surface area (Å²) >= 11 is 1.42. The zero-order chi connectivity index (χ0) is 27.3. The highest BCUT2D eigenvalue weighted by Gasteiger charge is 2.22. The van der Waals surface area contributed by atoms with E-state index in [0.717, 1.165) is 38.0 Å². The fourth-order valence-electron chi connectivity index (χ4n) is 4.12. The SMILES string of the molecule is CC(=O)c1ccc(-c2cncc3[nH]c(-c4n[nH]c5ncc(-c6cncc(NC(=O)C(C)(C)C)c6)cc45)nc23)s1. The van der Waals surface area contributed by atoms with Crippen molar-refractivity contribution in [2.45, 2.75) is 27.7 Å². The Morgan fingerprint density at radius 1 is 0.974 bits per heavy atom. The highest BCUT2D eigenvalue weighted by atomic mass is 32.1. The van der Waals surface area contributed by atoms with Crippen LogP contribution >= 0.6 is 11.3 Å². The van der Waals surface area contributed by atoms with E-state index in [9.17, 15) is 9.59 Å². The highest BCUT2D eigenvalue weighted by Crippen LogP contribution is 2.35. The van der Waals surface area contributed by atoms with Gasteiger partial charge in [-0.05, 0) is 31.2 Å². The molecule has 11 heteroatoms. The molecule has 0 atom stereocenters. The van der Waals surface area contributed by atoms with Crippen molar-refractivity contribution in [3.05, 3.63) is 60.1 Å². The predicted octanol–water partition coefficient (Wildman–Crippen LogP) is 5.87. The van der Waals surface area contributed by atoms with Gasteiger partial charge in [0.1, 0.15) is 11.2 Å². The Hall–Kier alpha value is -4.77. The Morgan fingerprint density at radius 3 is 2.54 bits per heavy atom. The number of ketones is 1. The molecule has 3 N–H and O–H groups in total. The lowest BCUT2D eigenvalue weighted by molar-refractivity contribution is -0.123. The van der Waals surface area contributed by atoms with Crippen LogP contribution in [0.4, 0.5) is 5.69 Å². The van der Waals surface area contributed by atoms with Crippen molar-refractivity contribution in [2.75, 3.05) is 5.32 Å². The van der Waals surface area contributed by atoms with E-state index >= 15 is 0 Å². The van der Waals surface area contributed by atoms with Crippen molar-refractivity contribution < 1.29 is 9.59 Å². The molecule has 0 aromatic carbocycles. The minimum absolute atomic E-state index is 0.0257. The molecule has 0 bridgehead atoms. The number of thiophene rings is 1. The summed E-state index contributed by atoms with van der Waals surface area (Å²) in [6, 6.07) is 7.58. The van der Waals surface area contributed by atoms with Crippen LogP contribution in [0.25, 0.3) is 55.2 Å². The van der Waals surface area contributed by atoms with Gasteiger partial charge in [0.05, 0.1) is 33.9 Å². The number of pyridine rings is 3. The molecule has 6 aromatic rings. The lowest BCUT2D eigenvalue weighted by Gasteiger charge is -2.17. The van der Waals surface area contributed by atoms with E-state index in [1.807, 2.05) is 45.0 Å². The number of fused-ring (bicyclic) bond motifs is 2. The number of nitrogens with zero attached hydrogens (tertiary/aromatic N) is 5. The second kappa shape index (κ2) is 9.21. The Balaban J connectivity index is 1.39. The van der Waals surface area contributed by atoms with Gasteiger partial charge in [-0.1, -0.05) is 20.8 Å². The topological polar surface area (TPSA) is 142 Å². The van der Waals surface area contributed by atoms with Gasteiger partial charge in [-0.2, -0.15) is 5.10 Å². The zero-order valence-corrected chi connectivity index (χ0v) is 22.5. The van der Waals surface area contributed by atoms with E-state index in [4.69, 9.17) is 4.98 Å². The normalized spacial score (nSPS) is 11.8. The number of hydrogen-bond donors (Lipinski definition) is 3. The van der Waals surface area contributed by atoms with E-state index in [2.05, 4.69) is 35.5 Å². The number of hydrogen-bond acceptors (Lipinski definition) is 8. The second-order valence-corrected chi connectivity index (χ2v) is 11.3. The van der Waals surface area contributed by atoms with Crippen LogP contribution in [0.3, 0.4) is 0 Å². The van der Waals surface area contributed by atoms with E-state index in [-0.39, 0.29) is 11.7 Å². The van der Waals surface area contributed by atoms with Gasteiger partial charge in [-0.15, -0.1) is 11.3 Å². The Kier molecular flexibility index (Phi) is 5.80. The van der Waals surface area contributed by atoms with Crippen molar-refractivity contribution in [2.24, 2.45) is 5.41 Å². The fourth-order valence-corrected chi connectivity index (χ4v) is 5.04. The van der Waals surface area contributed by atoms with Crippen LogP contribution in [-0.2, 0) is 4.79 Å². The number of nitrogens with one attached hydrogen (secondary N) is 3. The molecule has 0 saturated heterocycles. The molecule has 0 radical (unpaired) electrons. The minimum Gasteiger partial charge on any atom is -0.335 e. The number of imidazole rings is 1. The van der Waals surface area contributed by atoms with Gasteiger partial charge >= 0.3 is 0 Å². The van der Waals surface area contributed by atoms with Crippen molar-refractivity contribution in [3.63, 3.8) is 0 Å². The first-order valence-electron chi connectivity index (χ1n) is 12.2. The molecule has 6 heterocycles. The first kappa shape index (κ1) is 24.6. The zero-order valence-electron chi connectivity index (χ0n) is 21.7. The lowest BCUT2D eigenvalue weighted by Crippen LogP contribution is -2.27. The van der Waals surface area contributed by atoms with Crippen LogP contribution in [0.1, 0.15) is 37.4 Å². The van der Waals surface area contributed by atoms with Gasteiger partial charge in [0.15, 0.2) is 17.3 Å². The van der Waals surface area contributed by atoms with Crippen LogP contribution in [-0.4, -0.2) is 46.8 Å². The molecule has 0 aliphatic heterocycles. The van der Waals surface area contributed by atoms with Crippen molar-refractivity contribution in [3.8, 4) is 33.1 Å². The first-order chi connectivity index (χ1) is 18.7. The first-order valence-corrected chi connectivity index (χ1v) is 13.1. The molecule has 10 nitrogen and oxygen atoms in total.